The third-order valence-corrected chi connectivity index (χ3v) is 5.78. The van der Waals surface area contributed by atoms with Gasteiger partial charge in [-0.05, 0) is 31.2 Å². The molecule has 0 fully saturated rings. The molecule has 0 saturated carbocycles. The minimum absolute atomic E-state index is 0.163. The van der Waals surface area contributed by atoms with E-state index in [1.807, 2.05) is 19.1 Å². The second-order valence-corrected chi connectivity index (χ2v) is 7.92. The number of hydrogen-bond acceptors (Lipinski definition) is 5. The van der Waals surface area contributed by atoms with E-state index in [1.54, 1.807) is 18.2 Å². The molecule has 0 aliphatic carbocycles. The molecule has 5 nitrogen and oxygen atoms in total. The second kappa shape index (κ2) is 7.82. The molecule has 0 bridgehead atoms. The molecule has 0 atom stereocenters. The molecule has 0 aliphatic heterocycles. The zero-order chi connectivity index (χ0) is 16.0. The zero-order valence-electron chi connectivity index (χ0n) is 11.9. The van der Waals surface area contributed by atoms with Crippen LogP contribution in [0.4, 0.5) is 0 Å². The van der Waals surface area contributed by atoms with E-state index >= 15 is 0 Å². The highest BCUT2D eigenvalue weighted by Crippen LogP contribution is 2.25. The monoisotopic (exact) mass is 361 g/mol. The first-order chi connectivity index (χ1) is 10.5. The first kappa shape index (κ1) is 17.1. The fourth-order valence-corrected chi connectivity index (χ4v) is 4.22. The van der Waals surface area contributed by atoms with Gasteiger partial charge in [-0.2, -0.15) is 0 Å². The summed E-state index contributed by atoms with van der Waals surface area (Å²) in [6, 6.07) is 10.2. The standard InChI is InChI=1S/C14H16ClNO4S2/c1-2-19-11-4-3-5-12(10-11)20-9-8-16-22(17,18)14-7-6-13(15)21-14/h3-7,10,16H,2,8-9H2,1H3. The molecule has 22 heavy (non-hydrogen) atoms. The van der Waals surface area contributed by atoms with Gasteiger partial charge in [0.15, 0.2) is 0 Å². The van der Waals surface area contributed by atoms with Gasteiger partial charge in [0.1, 0.15) is 22.3 Å². The Morgan fingerprint density at radius 2 is 1.91 bits per heavy atom. The summed E-state index contributed by atoms with van der Waals surface area (Å²) in [5.74, 6) is 1.35. The van der Waals surface area contributed by atoms with E-state index in [1.165, 1.54) is 6.07 Å². The molecule has 1 aromatic heterocycles. The van der Waals surface area contributed by atoms with Crippen molar-refractivity contribution in [1.82, 2.24) is 4.72 Å². The maximum absolute atomic E-state index is 12.0. The lowest BCUT2D eigenvalue weighted by atomic mass is 10.3. The Balaban J connectivity index is 1.83. The number of benzene rings is 1. The third-order valence-electron chi connectivity index (χ3n) is 2.59. The summed E-state index contributed by atoms with van der Waals surface area (Å²) >= 11 is 6.75. The molecular formula is C14H16ClNO4S2. The summed E-state index contributed by atoms with van der Waals surface area (Å²) in [7, 11) is -3.53. The Kier molecular flexibility index (Phi) is 6.07. The lowest BCUT2D eigenvalue weighted by molar-refractivity contribution is 0.313. The van der Waals surface area contributed by atoms with E-state index in [0.717, 1.165) is 11.3 Å². The first-order valence-electron chi connectivity index (χ1n) is 6.62. The van der Waals surface area contributed by atoms with Crippen molar-refractivity contribution in [2.75, 3.05) is 19.8 Å². The Hall–Kier alpha value is -1.28. The van der Waals surface area contributed by atoms with Crippen LogP contribution in [0.25, 0.3) is 0 Å². The molecule has 1 aromatic carbocycles. The van der Waals surface area contributed by atoms with Crippen molar-refractivity contribution in [3.05, 3.63) is 40.7 Å². The molecule has 0 unspecified atom stereocenters. The topological polar surface area (TPSA) is 64.6 Å². The van der Waals surface area contributed by atoms with Crippen LogP contribution in [0.1, 0.15) is 6.92 Å². The van der Waals surface area contributed by atoms with Gasteiger partial charge in [0.25, 0.3) is 0 Å². The molecule has 0 amide bonds. The van der Waals surface area contributed by atoms with Crippen molar-refractivity contribution in [2.24, 2.45) is 0 Å². The van der Waals surface area contributed by atoms with E-state index in [-0.39, 0.29) is 17.4 Å². The quantitative estimate of drug-likeness (QED) is 0.733. The second-order valence-electron chi connectivity index (χ2n) is 4.21. The molecule has 0 radical (unpaired) electrons. The van der Waals surface area contributed by atoms with E-state index in [0.29, 0.717) is 22.4 Å². The van der Waals surface area contributed by atoms with Gasteiger partial charge in [-0.15, -0.1) is 11.3 Å². The van der Waals surface area contributed by atoms with Crippen molar-refractivity contribution in [3.8, 4) is 11.5 Å². The highest BCUT2D eigenvalue weighted by molar-refractivity contribution is 7.91. The molecule has 1 heterocycles. The van der Waals surface area contributed by atoms with Gasteiger partial charge in [0, 0.05) is 12.6 Å². The van der Waals surface area contributed by atoms with Crippen LogP contribution >= 0.6 is 22.9 Å². The van der Waals surface area contributed by atoms with Gasteiger partial charge in [-0.25, -0.2) is 13.1 Å². The number of thiophene rings is 1. The molecule has 0 saturated heterocycles. The van der Waals surface area contributed by atoms with Crippen LogP contribution in [-0.4, -0.2) is 28.2 Å². The molecule has 120 valence electrons. The van der Waals surface area contributed by atoms with Gasteiger partial charge in [0.2, 0.25) is 10.0 Å². The van der Waals surface area contributed by atoms with E-state index in [2.05, 4.69) is 4.72 Å². The maximum Gasteiger partial charge on any atom is 0.250 e. The Bertz CT molecular complexity index is 715. The molecule has 2 rings (SSSR count). The highest BCUT2D eigenvalue weighted by Gasteiger charge is 2.15. The maximum atomic E-state index is 12.0. The average Bonchev–Trinajstić information content (AvgIpc) is 2.92. The van der Waals surface area contributed by atoms with Crippen LogP contribution in [0.5, 0.6) is 11.5 Å². The van der Waals surface area contributed by atoms with Crippen molar-refractivity contribution >= 4 is 33.0 Å². The minimum atomic E-state index is -3.53. The first-order valence-corrected chi connectivity index (χ1v) is 9.29. The number of rotatable bonds is 8. The van der Waals surface area contributed by atoms with E-state index in [4.69, 9.17) is 21.1 Å². The van der Waals surface area contributed by atoms with Crippen molar-refractivity contribution in [2.45, 2.75) is 11.1 Å². The molecular weight excluding hydrogens is 346 g/mol. The number of sulfonamides is 1. The lowest BCUT2D eigenvalue weighted by Gasteiger charge is -2.09. The number of ether oxygens (including phenoxy) is 2. The van der Waals surface area contributed by atoms with Crippen molar-refractivity contribution in [1.29, 1.82) is 0 Å². The van der Waals surface area contributed by atoms with Crippen LogP contribution in [0.3, 0.4) is 0 Å². The summed E-state index contributed by atoms with van der Waals surface area (Å²) in [5.41, 5.74) is 0. The van der Waals surface area contributed by atoms with Gasteiger partial charge < -0.3 is 9.47 Å². The summed E-state index contributed by atoms with van der Waals surface area (Å²) in [4.78, 5) is 0. The van der Waals surface area contributed by atoms with Gasteiger partial charge in [0.05, 0.1) is 10.9 Å². The summed E-state index contributed by atoms with van der Waals surface area (Å²) in [5, 5.41) is 0. The lowest BCUT2D eigenvalue weighted by Crippen LogP contribution is -2.27. The van der Waals surface area contributed by atoms with Crippen LogP contribution in [0.2, 0.25) is 4.34 Å². The highest BCUT2D eigenvalue weighted by atomic mass is 35.5. The van der Waals surface area contributed by atoms with Gasteiger partial charge in [-0.3, -0.25) is 0 Å². The van der Waals surface area contributed by atoms with Crippen LogP contribution in [0, 0.1) is 0 Å². The number of halogens is 1. The molecule has 0 aliphatic rings. The van der Waals surface area contributed by atoms with Crippen molar-refractivity contribution < 1.29 is 17.9 Å². The molecule has 0 spiro atoms. The predicted octanol–water partition coefficient (Wildman–Crippen LogP) is 3.16. The van der Waals surface area contributed by atoms with E-state index < -0.39 is 10.0 Å². The fraction of sp³-hybridized carbons (Fsp3) is 0.286. The number of hydrogen-bond donors (Lipinski definition) is 1. The predicted molar refractivity (Wildman–Crippen MR) is 87.6 cm³/mol. The Morgan fingerprint density at radius 1 is 1.18 bits per heavy atom. The minimum Gasteiger partial charge on any atom is -0.494 e. The Labute approximate surface area is 138 Å². The third kappa shape index (κ3) is 4.88. The molecule has 2 aromatic rings. The normalized spacial score (nSPS) is 11.4. The fourth-order valence-electron chi connectivity index (χ4n) is 1.68. The average molecular weight is 362 g/mol. The van der Waals surface area contributed by atoms with Crippen LogP contribution < -0.4 is 14.2 Å². The van der Waals surface area contributed by atoms with Crippen LogP contribution in [0.15, 0.2) is 40.6 Å². The summed E-state index contributed by atoms with van der Waals surface area (Å²) < 4.78 is 37.9. The number of nitrogens with one attached hydrogen (secondary N) is 1. The summed E-state index contributed by atoms with van der Waals surface area (Å²) in [6.07, 6.45) is 0. The van der Waals surface area contributed by atoms with Crippen LogP contribution in [-0.2, 0) is 10.0 Å². The van der Waals surface area contributed by atoms with Gasteiger partial charge >= 0.3 is 0 Å². The zero-order valence-corrected chi connectivity index (χ0v) is 14.3. The molecule has 1 N–H and O–H groups in total. The van der Waals surface area contributed by atoms with Crippen molar-refractivity contribution in [3.63, 3.8) is 0 Å². The SMILES string of the molecule is CCOc1cccc(OCCNS(=O)(=O)c2ccc(Cl)s2)c1. The smallest absolute Gasteiger partial charge is 0.250 e. The molecule has 8 heteroatoms. The Morgan fingerprint density at radius 3 is 2.55 bits per heavy atom. The van der Waals surface area contributed by atoms with E-state index in [9.17, 15) is 8.42 Å². The summed E-state index contributed by atoms with van der Waals surface area (Å²) in [6.45, 7) is 2.86. The largest absolute Gasteiger partial charge is 0.494 e. The van der Waals surface area contributed by atoms with Gasteiger partial charge in [-0.1, -0.05) is 17.7 Å².